The van der Waals surface area contributed by atoms with Crippen LogP contribution in [0.3, 0.4) is 0 Å². The van der Waals surface area contributed by atoms with E-state index in [-0.39, 0.29) is 0 Å². The Morgan fingerprint density at radius 2 is 2.00 bits per heavy atom. The van der Waals surface area contributed by atoms with Gasteiger partial charge < -0.3 is 0 Å². The van der Waals surface area contributed by atoms with Crippen LogP contribution in [0.1, 0.15) is 84.5 Å². The Bertz CT molecular complexity index is 530. The normalized spacial score (nSPS) is 46.6. The quantitative estimate of drug-likeness (QED) is 0.404. The third kappa shape index (κ3) is 2.04. The van der Waals surface area contributed by atoms with Crippen molar-refractivity contribution in [1.82, 2.24) is 0 Å². The second kappa shape index (κ2) is 5.43. The molecule has 3 saturated carbocycles. The van der Waals surface area contributed by atoms with Crippen molar-refractivity contribution in [3.63, 3.8) is 0 Å². The van der Waals surface area contributed by atoms with E-state index in [1.807, 2.05) is 12.5 Å². The van der Waals surface area contributed by atoms with E-state index in [1.54, 1.807) is 0 Å². The van der Waals surface area contributed by atoms with Crippen molar-refractivity contribution in [1.29, 1.82) is 0 Å². The molecule has 0 N–H and O–H groups in total. The Labute approximate surface area is 137 Å². The van der Waals surface area contributed by atoms with Crippen LogP contribution in [0.4, 0.5) is 0 Å². The molecular formula is C22H32. The molecule has 4 aliphatic carbocycles. The topological polar surface area (TPSA) is 0 Å². The van der Waals surface area contributed by atoms with Crippen molar-refractivity contribution < 1.29 is 0 Å². The first kappa shape index (κ1) is 14.9. The Balaban J connectivity index is 1.65. The fourth-order valence-corrected chi connectivity index (χ4v) is 7.12. The minimum Gasteiger partial charge on any atom is -0.107 e. The lowest BCUT2D eigenvalue weighted by Gasteiger charge is -2.58. The Morgan fingerprint density at radius 3 is 2.86 bits per heavy atom. The maximum atomic E-state index is 3.48. The summed E-state index contributed by atoms with van der Waals surface area (Å²) in [5.41, 5.74) is 3.02. The summed E-state index contributed by atoms with van der Waals surface area (Å²) in [6.07, 6.45) is 18.3. The van der Waals surface area contributed by atoms with Crippen LogP contribution in [0.25, 0.3) is 0 Å². The predicted molar refractivity (Wildman–Crippen MR) is 93.3 cm³/mol. The largest absolute Gasteiger partial charge is 0.107 e. The van der Waals surface area contributed by atoms with Crippen molar-refractivity contribution in [2.24, 2.45) is 28.6 Å². The molecule has 5 atom stereocenters. The highest BCUT2D eigenvalue weighted by molar-refractivity contribution is 5.24. The van der Waals surface area contributed by atoms with Gasteiger partial charge >= 0.3 is 0 Å². The molecule has 4 rings (SSSR count). The average molecular weight is 296 g/mol. The summed E-state index contributed by atoms with van der Waals surface area (Å²) < 4.78 is 0. The molecule has 0 saturated heterocycles. The molecule has 0 radical (unpaired) electrons. The van der Waals surface area contributed by atoms with Crippen LogP contribution in [-0.2, 0) is 0 Å². The van der Waals surface area contributed by atoms with Crippen molar-refractivity contribution >= 4 is 0 Å². The third-order valence-corrected chi connectivity index (χ3v) is 8.17. The summed E-state index contributed by atoms with van der Waals surface area (Å²) in [5.74, 6) is 9.66. The molecule has 0 bridgehead atoms. The molecule has 0 unspecified atom stereocenters. The summed E-state index contributed by atoms with van der Waals surface area (Å²) >= 11 is 0. The Hall–Kier alpha value is -0.700. The lowest BCUT2D eigenvalue weighted by molar-refractivity contribution is -0.0418. The molecule has 0 aromatic heterocycles. The third-order valence-electron chi connectivity index (χ3n) is 8.17. The second-order valence-electron chi connectivity index (χ2n) is 8.85. The number of hydrogen-bond acceptors (Lipinski definition) is 0. The van der Waals surface area contributed by atoms with Crippen LogP contribution < -0.4 is 0 Å². The minimum absolute atomic E-state index is 0.562. The van der Waals surface area contributed by atoms with Crippen LogP contribution in [0.5, 0.6) is 0 Å². The minimum atomic E-state index is 0.562. The molecule has 120 valence electrons. The molecule has 0 amide bonds. The Kier molecular flexibility index (Phi) is 3.67. The molecule has 3 fully saturated rings. The first-order valence-corrected chi connectivity index (χ1v) is 9.79. The SMILES string of the molecule is CC#CC[C@@]12CCC[C@H]1[C@@H]1CCC3=CCCC[C@]3(C)[C@H]1CC2. The van der Waals surface area contributed by atoms with Gasteiger partial charge in [-0.3, -0.25) is 0 Å². The van der Waals surface area contributed by atoms with Gasteiger partial charge in [0.2, 0.25) is 0 Å². The molecule has 0 aromatic carbocycles. The van der Waals surface area contributed by atoms with E-state index in [2.05, 4.69) is 24.8 Å². The summed E-state index contributed by atoms with van der Waals surface area (Å²) in [4.78, 5) is 0. The van der Waals surface area contributed by atoms with Crippen LogP contribution in [0.15, 0.2) is 11.6 Å². The summed E-state index contributed by atoms with van der Waals surface area (Å²) in [5, 5.41) is 0. The molecule has 0 heterocycles. The van der Waals surface area contributed by atoms with Crippen LogP contribution in [-0.4, -0.2) is 0 Å². The van der Waals surface area contributed by atoms with Crippen molar-refractivity contribution in [2.45, 2.75) is 84.5 Å². The summed E-state index contributed by atoms with van der Waals surface area (Å²) in [6, 6.07) is 0. The lowest BCUT2D eigenvalue weighted by Crippen LogP contribution is -2.49. The molecule has 22 heavy (non-hydrogen) atoms. The predicted octanol–water partition coefficient (Wildman–Crippen LogP) is 6.12. The van der Waals surface area contributed by atoms with Gasteiger partial charge in [0.05, 0.1) is 0 Å². The molecule has 4 aliphatic rings. The van der Waals surface area contributed by atoms with E-state index in [0.29, 0.717) is 10.8 Å². The highest BCUT2D eigenvalue weighted by atomic mass is 14.6. The fourth-order valence-electron chi connectivity index (χ4n) is 7.12. The highest BCUT2D eigenvalue weighted by Crippen LogP contribution is 2.66. The van der Waals surface area contributed by atoms with Gasteiger partial charge in [-0.1, -0.05) is 25.0 Å². The fraction of sp³-hybridized carbons (Fsp3) is 0.818. The summed E-state index contributed by atoms with van der Waals surface area (Å²) in [7, 11) is 0. The molecule has 0 aliphatic heterocycles. The molecule has 0 aromatic rings. The number of allylic oxidation sites excluding steroid dienone is 2. The number of fused-ring (bicyclic) bond motifs is 5. The molecule has 0 spiro atoms. The second-order valence-corrected chi connectivity index (χ2v) is 8.85. The van der Waals surface area contributed by atoms with Gasteiger partial charge in [0.25, 0.3) is 0 Å². The smallest absolute Gasteiger partial charge is 0.0148 e. The first-order valence-electron chi connectivity index (χ1n) is 9.79. The van der Waals surface area contributed by atoms with Crippen molar-refractivity contribution in [2.75, 3.05) is 0 Å². The van der Waals surface area contributed by atoms with Gasteiger partial charge in [-0.25, -0.2) is 0 Å². The van der Waals surface area contributed by atoms with E-state index in [0.717, 1.165) is 17.8 Å². The zero-order chi connectivity index (χ0) is 15.2. The van der Waals surface area contributed by atoms with E-state index in [4.69, 9.17) is 0 Å². The van der Waals surface area contributed by atoms with Gasteiger partial charge in [-0.15, -0.1) is 11.8 Å². The van der Waals surface area contributed by atoms with Crippen molar-refractivity contribution in [3.8, 4) is 11.8 Å². The van der Waals surface area contributed by atoms with E-state index in [1.165, 1.54) is 70.6 Å². The van der Waals surface area contributed by atoms with Gasteiger partial charge in [0.15, 0.2) is 0 Å². The maximum Gasteiger partial charge on any atom is 0.0148 e. The van der Waals surface area contributed by atoms with Crippen LogP contribution >= 0.6 is 0 Å². The zero-order valence-corrected chi connectivity index (χ0v) is 14.6. The number of hydrogen-bond donors (Lipinski definition) is 0. The summed E-state index contributed by atoms with van der Waals surface area (Å²) in [6.45, 7) is 4.65. The number of rotatable bonds is 1. The van der Waals surface area contributed by atoms with E-state index >= 15 is 0 Å². The first-order chi connectivity index (χ1) is 10.7. The van der Waals surface area contributed by atoms with Gasteiger partial charge in [0.1, 0.15) is 0 Å². The maximum absolute atomic E-state index is 3.48. The van der Waals surface area contributed by atoms with E-state index in [9.17, 15) is 0 Å². The van der Waals surface area contributed by atoms with Crippen LogP contribution in [0.2, 0.25) is 0 Å². The van der Waals surface area contributed by atoms with Crippen LogP contribution in [0, 0.1) is 40.4 Å². The van der Waals surface area contributed by atoms with E-state index < -0.39 is 0 Å². The van der Waals surface area contributed by atoms with Gasteiger partial charge in [-0.2, -0.15) is 0 Å². The van der Waals surface area contributed by atoms with Gasteiger partial charge in [0, 0.05) is 6.42 Å². The molecular weight excluding hydrogens is 264 g/mol. The molecule has 0 heteroatoms. The van der Waals surface area contributed by atoms with Gasteiger partial charge in [-0.05, 0) is 93.3 Å². The monoisotopic (exact) mass is 296 g/mol. The highest BCUT2D eigenvalue weighted by Gasteiger charge is 2.56. The lowest BCUT2D eigenvalue weighted by atomic mass is 9.47. The standard InChI is InChI=1S/C22H32/c1-3-4-14-22-15-7-9-20(22)18-11-10-17-8-5-6-13-21(17,2)19(18)12-16-22/h8,18-20H,5-7,9-16H2,1-2H3/t18-,19+,20+,21+,22+/m1/s1. The Morgan fingerprint density at radius 1 is 1.09 bits per heavy atom. The average Bonchev–Trinajstić information content (AvgIpc) is 2.96. The van der Waals surface area contributed by atoms with Crippen molar-refractivity contribution in [3.05, 3.63) is 11.6 Å². The zero-order valence-electron chi connectivity index (χ0n) is 14.6. The molecule has 0 nitrogen and oxygen atoms in total.